The van der Waals surface area contributed by atoms with Crippen LogP contribution >= 0.6 is 0 Å². The zero-order chi connectivity index (χ0) is 16.8. The Morgan fingerprint density at radius 2 is 1.59 bits per heavy atom. The third-order valence-electron chi connectivity index (χ3n) is 6.26. The monoisotopic (exact) mass is 296 g/mol. The summed E-state index contributed by atoms with van der Waals surface area (Å²) in [4.78, 5) is 0. The lowest BCUT2D eigenvalue weighted by Crippen LogP contribution is -2.25. The van der Waals surface area contributed by atoms with Crippen LogP contribution in [0.15, 0.2) is 24.8 Å². The van der Waals surface area contributed by atoms with Gasteiger partial charge in [0.15, 0.2) is 0 Å². The van der Waals surface area contributed by atoms with Crippen LogP contribution in [0.2, 0.25) is 0 Å². The van der Waals surface area contributed by atoms with Crippen molar-refractivity contribution >= 4 is 0 Å². The predicted molar refractivity (Wildman–Crippen MR) is 89.5 cm³/mol. The summed E-state index contributed by atoms with van der Waals surface area (Å²) < 4.78 is 0. The fourth-order valence-electron chi connectivity index (χ4n) is 4.02. The first kappa shape index (κ1) is 16.8. The van der Waals surface area contributed by atoms with E-state index in [-0.39, 0.29) is 21.7 Å². The van der Waals surface area contributed by atoms with Crippen LogP contribution in [-0.4, -0.2) is 0 Å². The largest absolute Gasteiger partial charge is 0.198 e. The molecule has 118 valence electrons. The Morgan fingerprint density at radius 3 is 1.95 bits per heavy atom. The molecule has 2 fully saturated rings. The molecule has 0 radical (unpaired) electrons. The fourth-order valence-corrected chi connectivity index (χ4v) is 4.02. The topological polar surface area (TPSA) is 47.6 Å². The third kappa shape index (κ3) is 2.30. The van der Waals surface area contributed by atoms with Gasteiger partial charge in [0.05, 0.1) is 23.0 Å². The fraction of sp³-hybridized carbons (Fsp3) is 0.700. The minimum absolute atomic E-state index is 0.0184. The van der Waals surface area contributed by atoms with Crippen molar-refractivity contribution in [3.63, 3.8) is 0 Å². The van der Waals surface area contributed by atoms with Crippen molar-refractivity contribution in [3.8, 4) is 12.1 Å². The molecule has 2 nitrogen and oxygen atoms in total. The first-order chi connectivity index (χ1) is 10.1. The maximum Gasteiger partial charge on any atom is 0.0701 e. The van der Waals surface area contributed by atoms with E-state index in [4.69, 9.17) is 0 Å². The molecule has 2 heteroatoms. The van der Waals surface area contributed by atoms with Gasteiger partial charge in [-0.25, -0.2) is 0 Å². The SMILES string of the molecule is C=CC1CC1(C#N)C(C)(C)CC=C[C@@H]1C[C@]1(C#N)C(C)(C)C. The van der Waals surface area contributed by atoms with Gasteiger partial charge in [-0.1, -0.05) is 52.8 Å². The van der Waals surface area contributed by atoms with Crippen molar-refractivity contribution in [2.75, 3.05) is 0 Å². The molecule has 0 amide bonds. The third-order valence-corrected chi connectivity index (χ3v) is 6.26. The van der Waals surface area contributed by atoms with Gasteiger partial charge in [0, 0.05) is 0 Å². The van der Waals surface area contributed by atoms with Gasteiger partial charge >= 0.3 is 0 Å². The molecule has 2 rings (SSSR count). The predicted octanol–water partition coefficient (Wildman–Crippen LogP) is 5.25. The highest BCUT2D eigenvalue weighted by Crippen LogP contribution is 2.65. The molecule has 2 aliphatic rings. The molecule has 0 saturated heterocycles. The summed E-state index contributed by atoms with van der Waals surface area (Å²) in [5.41, 5.74) is -0.490. The Kier molecular flexibility index (Phi) is 3.81. The van der Waals surface area contributed by atoms with Gasteiger partial charge < -0.3 is 0 Å². The Balaban J connectivity index is 2.02. The van der Waals surface area contributed by atoms with Crippen LogP contribution in [0.4, 0.5) is 0 Å². The first-order valence-corrected chi connectivity index (χ1v) is 8.22. The van der Waals surface area contributed by atoms with Crippen LogP contribution in [-0.2, 0) is 0 Å². The zero-order valence-corrected chi connectivity index (χ0v) is 14.6. The van der Waals surface area contributed by atoms with Crippen molar-refractivity contribution in [1.82, 2.24) is 0 Å². The maximum atomic E-state index is 9.58. The molecule has 0 aliphatic heterocycles. The zero-order valence-electron chi connectivity index (χ0n) is 14.6. The van der Waals surface area contributed by atoms with E-state index in [1.54, 1.807) is 0 Å². The maximum absolute atomic E-state index is 9.58. The molecule has 0 aromatic heterocycles. The quantitative estimate of drug-likeness (QED) is 0.650. The molecule has 2 saturated carbocycles. The molecule has 2 unspecified atom stereocenters. The van der Waals surface area contributed by atoms with Gasteiger partial charge in [0.2, 0.25) is 0 Å². The Labute approximate surface area is 135 Å². The second-order valence-electron chi connectivity index (χ2n) is 8.79. The van der Waals surface area contributed by atoms with Crippen molar-refractivity contribution in [3.05, 3.63) is 24.8 Å². The van der Waals surface area contributed by atoms with E-state index in [0.717, 1.165) is 19.3 Å². The van der Waals surface area contributed by atoms with E-state index in [2.05, 4.69) is 65.5 Å². The lowest BCUT2D eigenvalue weighted by atomic mass is 9.72. The van der Waals surface area contributed by atoms with Crippen molar-refractivity contribution < 1.29 is 0 Å². The van der Waals surface area contributed by atoms with Crippen LogP contribution in [0.5, 0.6) is 0 Å². The molecular formula is C20H28N2. The van der Waals surface area contributed by atoms with E-state index in [1.807, 2.05) is 6.08 Å². The van der Waals surface area contributed by atoms with Crippen molar-refractivity contribution in [2.45, 2.75) is 53.9 Å². The van der Waals surface area contributed by atoms with Crippen LogP contribution in [0.3, 0.4) is 0 Å². The average Bonchev–Trinajstić information content (AvgIpc) is 3.31. The minimum Gasteiger partial charge on any atom is -0.198 e. The van der Waals surface area contributed by atoms with E-state index >= 15 is 0 Å². The van der Waals surface area contributed by atoms with E-state index in [1.165, 1.54) is 0 Å². The van der Waals surface area contributed by atoms with Crippen LogP contribution in [0.1, 0.15) is 53.9 Å². The Hall–Kier alpha value is -1.54. The molecule has 0 N–H and O–H groups in total. The van der Waals surface area contributed by atoms with Crippen LogP contribution < -0.4 is 0 Å². The average molecular weight is 296 g/mol. The van der Waals surface area contributed by atoms with Crippen molar-refractivity contribution in [2.24, 2.45) is 33.5 Å². The highest BCUT2D eigenvalue weighted by atomic mass is 14.6. The van der Waals surface area contributed by atoms with E-state index in [9.17, 15) is 10.5 Å². The molecule has 0 bridgehead atoms. The molecule has 22 heavy (non-hydrogen) atoms. The summed E-state index contributed by atoms with van der Waals surface area (Å²) in [7, 11) is 0. The summed E-state index contributed by atoms with van der Waals surface area (Å²) in [6.07, 6.45) is 9.12. The number of nitrogens with zero attached hydrogens (tertiary/aromatic N) is 2. The first-order valence-electron chi connectivity index (χ1n) is 8.22. The molecule has 0 aromatic rings. The lowest BCUT2D eigenvalue weighted by molar-refractivity contribution is 0.236. The number of hydrogen-bond acceptors (Lipinski definition) is 2. The van der Waals surface area contributed by atoms with Gasteiger partial charge in [0.1, 0.15) is 0 Å². The van der Waals surface area contributed by atoms with Gasteiger partial charge in [-0.3, -0.25) is 0 Å². The van der Waals surface area contributed by atoms with E-state index in [0.29, 0.717) is 11.8 Å². The van der Waals surface area contributed by atoms with Gasteiger partial charge in [0.25, 0.3) is 0 Å². The lowest BCUT2D eigenvalue weighted by Gasteiger charge is -2.29. The summed E-state index contributed by atoms with van der Waals surface area (Å²) >= 11 is 0. The summed E-state index contributed by atoms with van der Waals surface area (Å²) in [5, 5.41) is 19.1. The second-order valence-corrected chi connectivity index (χ2v) is 8.79. The highest BCUT2D eigenvalue weighted by molar-refractivity contribution is 5.28. The Morgan fingerprint density at radius 1 is 1.05 bits per heavy atom. The molecule has 2 aliphatic carbocycles. The van der Waals surface area contributed by atoms with Gasteiger partial charge in [-0.2, -0.15) is 10.5 Å². The van der Waals surface area contributed by atoms with Crippen LogP contribution in [0.25, 0.3) is 0 Å². The van der Waals surface area contributed by atoms with Crippen LogP contribution in [0, 0.1) is 56.2 Å². The van der Waals surface area contributed by atoms with Crippen molar-refractivity contribution in [1.29, 1.82) is 10.5 Å². The number of hydrogen-bond donors (Lipinski definition) is 0. The van der Waals surface area contributed by atoms with Gasteiger partial charge in [-0.15, -0.1) is 6.58 Å². The Bertz CT molecular complexity index is 578. The minimum atomic E-state index is -0.251. The highest BCUT2D eigenvalue weighted by Gasteiger charge is 2.62. The van der Waals surface area contributed by atoms with E-state index < -0.39 is 0 Å². The standard InChI is InChI=1S/C20H28N2/c1-7-15-11-20(15,14-22)18(5,6)10-8-9-16-12-19(16,13-21)17(2,3)4/h7-9,15-16H,1,10-12H2,2-6H3/t15?,16-,19-,20?/m1/s1. The number of rotatable bonds is 5. The number of nitriles is 2. The molecule has 0 spiro atoms. The smallest absolute Gasteiger partial charge is 0.0701 e. The molecule has 4 atom stereocenters. The molecule has 0 heterocycles. The molecule has 0 aromatic carbocycles. The number of allylic oxidation sites excluding steroid dienone is 3. The molecular weight excluding hydrogens is 268 g/mol. The summed E-state index contributed by atoms with van der Waals surface area (Å²) in [6, 6.07) is 5.08. The normalized spacial score (nSPS) is 37.4. The second kappa shape index (κ2) is 4.99. The van der Waals surface area contributed by atoms with Gasteiger partial charge in [-0.05, 0) is 41.9 Å². The summed E-state index contributed by atoms with van der Waals surface area (Å²) in [6.45, 7) is 14.7. The summed E-state index contributed by atoms with van der Waals surface area (Å²) in [5.74, 6) is 0.690.